The Morgan fingerprint density at radius 2 is 2.13 bits per heavy atom. The van der Waals surface area contributed by atoms with E-state index in [2.05, 4.69) is 53.8 Å². The number of methoxy groups -OCH3 is 1. The summed E-state index contributed by atoms with van der Waals surface area (Å²) in [5.41, 5.74) is 3.01. The molecule has 2 atom stereocenters. The molecule has 1 saturated heterocycles. The Bertz CT molecular complexity index is 998. The van der Waals surface area contributed by atoms with E-state index in [4.69, 9.17) is 4.74 Å². The quantitative estimate of drug-likeness (QED) is 0.724. The molecule has 3 heterocycles. The zero-order valence-electron chi connectivity index (χ0n) is 17.8. The van der Waals surface area contributed by atoms with E-state index in [1.165, 1.54) is 12.7 Å². The van der Waals surface area contributed by atoms with E-state index in [1.54, 1.807) is 18.5 Å². The fourth-order valence-electron chi connectivity index (χ4n) is 4.40. The molecule has 1 aromatic carbocycles. The number of fused-ring (bicyclic) bond motifs is 2. The zero-order valence-corrected chi connectivity index (χ0v) is 17.8. The SMILES string of the molecule is COc1cnccc1NC(=O)C1CC2(CN1)C(=O)Nc1ccc(CC(C)(C)C)cc12. The lowest BCUT2D eigenvalue weighted by atomic mass is 9.78. The average Bonchev–Trinajstić information content (AvgIpc) is 3.25. The van der Waals surface area contributed by atoms with Gasteiger partial charge in [-0.3, -0.25) is 14.6 Å². The van der Waals surface area contributed by atoms with E-state index in [9.17, 15) is 9.59 Å². The molecule has 0 radical (unpaired) electrons. The van der Waals surface area contributed by atoms with Crippen LogP contribution in [-0.4, -0.2) is 36.5 Å². The molecule has 2 amide bonds. The second-order valence-electron chi connectivity index (χ2n) is 9.36. The van der Waals surface area contributed by atoms with Gasteiger partial charge in [0.25, 0.3) is 0 Å². The second-order valence-corrected chi connectivity index (χ2v) is 9.36. The molecule has 0 aliphatic carbocycles. The van der Waals surface area contributed by atoms with Crippen molar-refractivity contribution in [2.45, 2.75) is 45.1 Å². The van der Waals surface area contributed by atoms with Crippen LogP contribution in [0.2, 0.25) is 0 Å². The molecule has 2 aliphatic heterocycles. The van der Waals surface area contributed by atoms with Crippen molar-refractivity contribution in [3.8, 4) is 5.75 Å². The maximum atomic E-state index is 13.0. The second kappa shape index (κ2) is 7.40. The van der Waals surface area contributed by atoms with Gasteiger partial charge in [0, 0.05) is 18.4 Å². The molecule has 0 bridgehead atoms. The summed E-state index contributed by atoms with van der Waals surface area (Å²) in [6, 6.07) is 7.40. The van der Waals surface area contributed by atoms with Gasteiger partial charge < -0.3 is 20.7 Å². The summed E-state index contributed by atoms with van der Waals surface area (Å²) in [5.74, 6) is 0.257. The number of nitrogens with zero attached hydrogens (tertiary/aromatic N) is 1. The number of benzene rings is 1. The van der Waals surface area contributed by atoms with Gasteiger partial charge in [0.2, 0.25) is 11.8 Å². The standard InChI is InChI=1S/C23H28N4O3/c1-22(2,3)10-14-5-6-16-15(9-14)23(21(29)27-16)11-18(25-13-23)20(28)26-17-7-8-24-12-19(17)30-4/h5-9,12,18,25H,10-11,13H2,1-4H3,(H,27,29)(H,24,26,28). The monoisotopic (exact) mass is 408 g/mol. The molecule has 4 rings (SSSR count). The summed E-state index contributed by atoms with van der Waals surface area (Å²) in [5, 5.41) is 9.16. The maximum Gasteiger partial charge on any atom is 0.241 e. The average molecular weight is 409 g/mol. The summed E-state index contributed by atoms with van der Waals surface area (Å²) in [6.45, 7) is 7.02. The number of anilines is 2. The van der Waals surface area contributed by atoms with Crippen LogP contribution in [0.4, 0.5) is 11.4 Å². The van der Waals surface area contributed by atoms with Crippen LogP contribution < -0.4 is 20.7 Å². The summed E-state index contributed by atoms with van der Waals surface area (Å²) >= 11 is 0. The Morgan fingerprint density at radius 3 is 2.87 bits per heavy atom. The van der Waals surface area contributed by atoms with E-state index in [-0.39, 0.29) is 17.2 Å². The first-order chi connectivity index (χ1) is 14.2. The van der Waals surface area contributed by atoms with E-state index >= 15 is 0 Å². The number of pyridine rings is 1. The topological polar surface area (TPSA) is 92.3 Å². The number of carbonyl (C=O) groups excluding carboxylic acids is 2. The smallest absolute Gasteiger partial charge is 0.241 e. The summed E-state index contributed by atoms with van der Waals surface area (Å²) in [6.07, 6.45) is 4.48. The number of aromatic nitrogens is 1. The molecule has 2 unspecified atom stereocenters. The largest absolute Gasteiger partial charge is 0.493 e. The van der Waals surface area contributed by atoms with Crippen LogP contribution in [-0.2, 0) is 21.4 Å². The van der Waals surface area contributed by atoms with Crippen LogP contribution in [0, 0.1) is 5.41 Å². The van der Waals surface area contributed by atoms with Gasteiger partial charge in [0.05, 0.1) is 30.5 Å². The highest BCUT2D eigenvalue weighted by atomic mass is 16.5. The molecule has 2 aliphatic rings. The van der Waals surface area contributed by atoms with Crippen molar-refractivity contribution in [2.24, 2.45) is 5.41 Å². The molecule has 1 spiro atoms. The highest BCUT2D eigenvalue weighted by Gasteiger charge is 2.53. The minimum Gasteiger partial charge on any atom is -0.493 e. The highest BCUT2D eigenvalue weighted by molar-refractivity contribution is 6.08. The summed E-state index contributed by atoms with van der Waals surface area (Å²) in [4.78, 5) is 29.9. The number of carbonyl (C=O) groups is 2. The van der Waals surface area contributed by atoms with Crippen molar-refractivity contribution in [1.82, 2.24) is 10.3 Å². The van der Waals surface area contributed by atoms with Gasteiger partial charge in [-0.1, -0.05) is 32.9 Å². The van der Waals surface area contributed by atoms with Crippen molar-refractivity contribution in [2.75, 3.05) is 24.3 Å². The molecule has 7 heteroatoms. The van der Waals surface area contributed by atoms with E-state index < -0.39 is 11.5 Å². The number of rotatable bonds is 4. The van der Waals surface area contributed by atoms with Gasteiger partial charge in [0.15, 0.2) is 5.75 Å². The van der Waals surface area contributed by atoms with E-state index in [0.29, 0.717) is 24.4 Å². The number of hydrogen-bond acceptors (Lipinski definition) is 5. The van der Waals surface area contributed by atoms with Crippen molar-refractivity contribution < 1.29 is 14.3 Å². The number of ether oxygens (including phenoxy) is 1. The molecule has 7 nitrogen and oxygen atoms in total. The van der Waals surface area contributed by atoms with E-state index in [1.807, 2.05) is 6.07 Å². The Morgan fingerprint density at radius 1 is 1.33 bits per heavy atom. The van der Waals surface area contributed by atoms with Gasteiger partial charge in [0.1, 0.15) is 0 Å². The molecule has 1 fully saturated rings. The number of hydrogen-bond donors (Lipinski definition) is 3. The van der Waals surface area contributed by atoms with Crippen molar-refractivity contribution >= 4 is 23.2 Å². The lowest BCUT2D eigenvalue weighted by Crippen LogP contribution is -2.36. The Kier molecular flexibility index (Phi) is 5.02. The Balaban J connectivity index is 1.56. The summed E-state index contributed by atoms with van der Waals surface area (Å²) in [7, 11) is 1.53. The van der Waals surface area contributed by atoms with Crippen molar-refractivity contribution in [3.63, 3.8) is 0 Å². The first-order valence-corrected chi connectivity index (χ1v) is 10.2. The highest BCUT2D eigenvalue weighted by Crippen LogP contribution is 2.44. The lowest BCUT2D eigenvalue weighted by Gasteiger charge is -2.23. The van der Waals surface area contributed by atoms with Crippen molar-refractivity contribution in [3.05, 3.63) is 47.8 Å². The van der Waals surface area contributed by atoms with Crippen LogP contribution in [0.1, 0.15) is 38.3 Å². The van der Waals surface area contributed by atoms with Crippen LogP contribution in [0.5, 0.6) is 5.75 Å². The predicted octanol–water partition coefficient (Wildman–Crippen LogP) is 2.87. The third kappa shape index (κ3) is 3.65. The van der Waals surface area contributed by atoms with Gasteiger partial charge >= 0.3 is 0 Å². The molecular formula is C23H28N4O3. The lowest BCUT2D eigenvalue weighted by molar-refractivity contribution is -0.120. The van der Waals surface area contributed by atoms with Crippen LogP contribution in [0.3, 0.4) is 0 Å². The Labute approximate surface area is 176 Å². The molecule has 0 saturated carbocycles. The minimum atomic E-state index is -0.729. The molecule has 158 valence electrons. The molecular weight excluding hydrogens is 380 g/mol. The molecule has 30 heavy (non-hydrogen) atoms. The predicted molar refractivity (Wildman–Crippen MR) is 116 cm³/mol. The number of amides is 2. The van der Waals surface area contributed by atoms with Crippen molar-refractivity contribution in [1.29, 1.82) is 0 Å². The Hall–Kier alpha value is -2.93. The third-order valence-corrected chi connectivity index (χ3v) is 5.80. The maximum absolute atomic E-state index is 13.0. The number of nitrogens with one attached hydrogen (secondary N) is 3. The molecule has 1 aromatic heterocycles. The van der Waals surface area contributed by atoms with Gasteiger partial charge in [-0.05, 0) is 41.5 Å². The normalized spacial score (nSPS) is 22.7. The van der Waals surface area contributed by atoms with Crippen LogP contribution >= 0.6 is 0 Å². The van der Waals surface area contributed by atoms with Crippen LogP contribution in [0.15, 0.2) is 36.7 Å². The first kappa shape index (κ1) is 20.3. The summed E-state index contributed by atoms with van der Waals surface area (Å²) < 4.78 is 5.26. The zero-order chi connectivity index (χ0) is 21.5. The minimum absolute atomic E-state index is 0.0466. The van der Waals surface area contributed by atoms with Crippen LogP contribution in [0.25, 0.3) is 0 Å². The van der Waals surface area contributed by atoms with Gasteiger partial charge in [-0.2, -0.15) is 0 Å². The molecule has 2 aromatic rings. The fraction of sp³-hybridized carbons (Fsp3) is 0.435. The third-order valence-electron chi connectivity index (χ3n) is 5.80. The first-order valence-electron chi connectivity index (χ1n) is 10.2. The van der Waals surface area contributed by atoms with Gasteiger partial charge in [-0.25, -0.2) is 0 Å². The fourth-order valence-corrected chi connectivity index (χ4v) is 4.40. The molecule has 3 N–H and O–H groups in total. The van der Waals surface area contributed by atoms with E-state index in [0.717, 1.165) is 17.7 Å². The van der Waals surface area contributed by atoms with Gasteiger partial charge in [-0.15, -0.1) is 0 Å².